The molecular weight excluding hydrogens is 550 g/mol. The average Bonchev–Trinajstić information content (AvgIpc) is 3.34. The maximum absolute atomic E-state index is 13.4. The van der Waals surface area contributed by atoms with Crippen molar-refractivity contribution in [1.29, 1.82) is 0 Å². The number of hydrogen-bond acceptors (Lipinski definition) is 7. The van der Waals surface area contributed by atoms with Crippen LogP contribution < -0.4 is 5.32 Å². The number of carbonyl (C=O) groups excluding carboxylic acids is 1. The monoisotopic (exact) mass is 585 g/mol. The van der Waals surface area contributed by atoms with Crippen LogP contribution in [0, 0.1) is 20.8 Å². The minimum atomic E-state index is -0.867. The summed E-state index contributed by atoms with van der Waals surface area (Å²) in [6, 6.07) is 6.99. The van der Waals surface area contributed by atoms with E-state index in [0.29, 0.717) is 17.3 Å². The molecule has 4 rings (SSSR count). The van der Waals surface area contributed by atoms with Crippen LogP contribution in [0.25, 0.3) is 5.00 Å². The summed E-state index contributed by atoms with van der Waals surface area (Å²) in [5.41, 5.74) is 2.50. The smallest absolute Gasteiger partial charge is 0.303 e. The number of nitrogens with zero attached hydrogens (tertiary/aromatic N) is 4. The molecule has 0 spiro atoms. The molecule has 2 aromatic heterocycles. The van der Waals surface area contributed by atoms with Gasteiger partial charge in [0.05, 0.1) is 29.9 Å². The standard InChI is InChI=1S/C29H36ClN5O4S/c1-16-17(2)40-27-24(16)25(19-8-10-20(30)11-9-19)31-21(26-34-33-18(3)35(26)27)14-22(36)32-28(4,5)15-39-29(6,7)13-12-23(37)38/h8-11,21H,12-15H2,1-7H3,(H,32,36)(H,37,38)/t21-/m0/s1. The lowest BCUT2D eigenvalue weighted by Gasteiger charge is -2.32. The average molecular weight is 586 g/mol. The van der Waals surface area contributed by atoms with E-state index in [-0.39, 0.29) is 25.4 Å². The highest BCUT2D eigenvalue weighted by atomic mass is 35.5. The number of aromatic nitrogens is 3. The first-order valence-corrected chi connectivity index (χ1v) is 14.4. The fourth-order valence-corrected chi connectivity index (χ4v) is 5.97. The van der Waals surface area contributed by atoms with Gasteiger partial charge < -0.3 is 15.2 Å². The lowest BCUT2D eigenvalue weighted by molar-refractivity contribution is -0.139. The van der Waals surface area contributed by atoms with Gasteiger partial charge in [0.15, 0.2) is 5.82 Å². The van der Waals surface area contributed by atoms with Crippen LogP contribution >= 0.6 is 22.9 Å². The third kappa shape index (κ3) is 6.62. The van der Waals surface area contributed by atoms with Crippen LogP contribution in [0.4, 0.5) is 0 Å². The van der Waals surface area contributed by atoms with E-state index < -0.39 is 23.2 Å². The van der Waals surface area contributed by atoms with Crippen LogP contribution in [0.2, 0.25) is 5.02 Å². The van der Waals surface area contributed by atoms with Crippen molar-refractivity contribution < 1.29 is 19.4 Å². The first-order valence-electron chi connectivity index (χ1n) is 13.2. The van der Waals surface area contributed by atoms with Gasteiger partial charge in [0.25, 0.3) is 0 Å². The van der Waals surface area contributed by atoms with E-state index >= 15 is 0 Å². The van der Waals surface area contributed by atoms with Gasteiger partial charge in [-0.15, -0.1) is 21.5 Å². The molecule has 1 aliphatic heterocycles. The maximum atomic E-state index is 13.4. The number of aliphatic imine (C=N–C) groups is 1. The topological polar surface area (TPSA) is 119 Å². The van der Waals surface area contributed by atoms with E-state index in [9.17, 15) is 9.59 Å². The molecule has 1 atom stereocenters. The van der Waals surface area contributed by atoms with Gasteiger partial charge in [-0.3, -0.25) is 19.1 Å². The third-order valence-electron chi connectivity index (χ3n) is 6.98. The SMILES string of the molecule is Cc1sc2c(c1C)C(c1ccc(Cl)cc1)=N[C@@H](CC(=O)NC(C)(C)COC(C)(C)CCC(=O)O)c1nnc(C)n1-2. The molecule has 9 nitrogen and oxygen atoms in total. The quantitative estimate of drug-likeness (QED) is 0.313. The highest BCUT2D eigenvalue weighted by Crippen LogP contribution is 2.39. The third-order valence-corrected chi connectivity index (χ3v) is 8.42. The normalized spacial score (nSPS) is 15.2. The van der Waals surface area contributed by atoms with Gasteiger partial charge in [-0.1, -0.05) is 23.7 Å². The molecule has 0 saturated carbocycles. The number of carboxylic acids is 1. The van der Waals surface area contributed by atoms with Crippen LogP contribution in [-0.4, -0.2) is 55.2 Å². The minimum Gasteiger partial charge on any atom is -0.481 e. The van der Waals surface area contributed by atoms with Crippen LogP contribution in [0.5, 0.6) is 0 Å². The highest BCUT2D eigenvalue weighted by Gasteiger charge is 2.34. The van der Waals surface area contributed by atoms with Crippen molar-refractivity contribution in [3.63, 3.8) is 0 Å². The van der Waals surface area contributed by atoms with Gasteiger partial charge >= 0.3 is 5.97 Å². The van der Waals surface area contributed by atoms with Gasteiger partial charge in [0, 0.05) is 27.4 Å². The van der Waals surface area contributed by atoms with Crippen LogP contribution in [-0.2, 0) is 14.3 Å². The Morgan fingerprint density at radius 2 is 1.80 bits per heavy atom. The Hall–Kier alpha value is -3.08. The lowest BCUT2D eigenvalue weighted by Crippen LogP contribution is -2.49. The summed E-state index contributed by atoms with van der Waals surface area (Å²) in [4.78, 5) is 30.7. The fraction of sp³-hybridized carbons (Fsp3) is 0.483. The molecule has 3 heterocycles. The number of aryl methyl sites for hydroxylation is 2. The van der Waals surface area contributed by atoms with E-state index in [0.717, 1.165) is 33.2 Å². The van der Waals surface area contributed by atoms with Crippen molar-refractivity contribution in [2.45, 2.75) is 84.9 Å². The molecule has 0 bridgehead atoms. The number of rotatable bonds is 10. The molecule has 3 aromatic rings. The molecule has 40 heavy (non-hydrogen) atoms. The summed E-state index contributed by atoms with van der Waals surface area (Å²) in [6.07, 6.45) is 0.447. The van der Waals surface area contributed by atoms with Crippen molar-refractivity contribution in [3.8, 4) is 5.00 Å². The number of hydrogen-bond donors (Lipinski definition) is 2. The first kappa shape index (κ1) is 29.9. The maximum Gasteiger partial charge on any atom is 0.303 e. The molecule has 11 heteroatoms. The van der Waals surface area contributed by atoms with Gasteiger partial charge in [-0.25, -0.2) is 0 Å². The predicted molar refractivity (Wildman–Crippen MR) is 157 cm³/mol. The van der Waals surface area contributed by atoms with Crippen molar-refractivity contribution in [2.75, 3.05) is 6.61 Å². The zero-order valence-electron chi connectivity index (χ0n) is 24.0. The molecule has 1 aromatic carbocycles. The Morgan fingerprint density at radius 3 is 2.45 bits per heavy atom. The second kappa shape index (κ2) is 11.4. The van der Waals surface area contributed by atoms with Gasteiger partial charge in [0.1, 0.15) is 16.9 Å². The summed E-state index contributed by atoms with van der Waals surface area (Å²) >= 11 is 7.85. The molecule has 0 fully saturated rings. The van der Waals surface area contributed by atoms with Crippen LogP contribution in [0.1, 0.15) is 86.2 Å². The molecule has 0 saturated heterocycles. The van der Waals surface area contributed by atoms with Crippen molar-refractivity contribution in [3.05, 3.63) is 62.5 Å². The Balaban J connectivity index is 1.63. The van der Waals surface area contributed by atoms with Crippen LogP contribution in [0.15, 0.2) is 29.3 Å². The Bertz CT molecular complexity index is 1460. The van der Waals surface area contributed by atoms with Gasteiger partial charge in [-0.2, -0.15) is 0 Å². The number of nitrogens with one attached hydrogen (secondary N) is 1. The van der Waals surface area contributed by atoms with Crippen molar-refractivity contribution in [1.82, 2.24) is 20.1 Å². The highest BCUT2D eigenvalue weighted by molar-refractivity contribution is 7.15. The summed E-state index contributed by atoms with van der Waals surface area (Å²) in [7, 11) is 0. The predicted octanol–water partition coefficient (Wildman–Crippen LogP) is 5.74. The fourth-order valence-electron chi connectivity index (χ4n) is 4.63. The number of amides is 1. The number of fused-ring (bicyclic) bond motifs is 3. The number of carbonyl (C=O) groups is 2. The molecule has 0 unspecified atom stereocenters. The summed E-state index contributed by atoms with van der Waals surface area (Å²) in [5, 5.41) is 22.5. The summed E-state index contributed by atoms with van der Waals surface area (Å²) in [6.45, 7) is 13.8. The molecular formula is C29H36ClN5O4S. The van der Waals surface area contributed by atoms with Crippen molar-refractivity contribution >= 4 is 40.5 Å². The number of carboxylic acid groups (broad SMARTS) is 1. The molecule has 1 aliphatic rings. The second-order valence-electron chi connectivity index (χ2n) is 11.5. The molecule has 0 radical (unpaired) electrons. The first-order chi connectivity index (χ1) is 18.7. The van der Waals surface area contributed by atoms with Crippen molar-refractivity contribution in [2.24, 2.45) is 4.99 Å². The molecule has 2 N–H and O–H groups in total. The van der Waals surface area contributed by atoms with Crippen LogP contribution in [0.3, 0.4) is 0 Å². The second-order valence-corrected chi connectivity index (χ2v) is 13.1. The lowest BCUT2D eigenvalue weighted by atomic mass is 9.99. The number of halogens is 1. The number of thiophene rings is 1. The number of ether oxygens (including phenoxy) is 1. The van der Waals surface area contributed by atoms with Gasteiger partial charge in [0.2, 0.25) is 5.91 Å². The molecule has 1 amide bonds. The largest absolute Gasteiger partial charge is 0.481 e. The Kier molecular flexibility index (Phi) is 8.54. The van der Waals surface area contributed by atoms with E-state index in [1.165, 1.54) is 4.88 Å². The van der Waals surface area contributed by atoms with E-state index in [1.54, 1.807) is 11.3 Å². The summed E-state index contributed by atoms with van der Waals surface area (Å²) < 4.78 is 8.03. The summed E-state index contributed by atoms with van der Waals surface area (Å²) in [5.74, 6) is 0.274. The zero-order chi connectivity index (χ0) is 29.4. The molecule has 214 valence electrons. The Labute approximate surface area is 243 Å². The van der Waals surface area contributed by atoms with E-state index in [1.807, 2.05) is 63.5 Å². The van der Waals surface area contributed by atoms with E-state index in [4.69, 9.17) is 26.4 Å². The molecule has 0 aliphatic carbocycles. The van der Waals surface area contributed by atoms with E-state index in [2.05, 4.69) is 29.4 Å². The number of aliphatic carboxylic acids is 1. The Morgan fingerprint density at radius 1 is 1.12 bits per heavy atom. The number of benzene rings is 1. The van der Waals surface area contributed by atoms with Gasteiger partial charge in [-0.05, 0) is 72.6 Å². The minimum absolute atomic E-state index is 0.0139. The zero-order valence-corrected chi connectivity index (χ0v) is 25.5.